The van der Waals surface area contributed by atoms with Crippen molar-refractivity contribution >= 4 is 27.7 Å². The van der Waals surface area contributed by atoms with Crippen molar-refractivity contribution in [3.63, 3.8) is 0 Å². The molecule has 11 nitrogen and oxygen atoms in total. The molecule has 34 heavy (non-hydrogen) atoms. The molecule has 3 heterocycles. The summed E-state index contributed by atoms with van der Waals surface area (Å²) in [6.45, 7) is 8.26. The molecule has 2 aliphatic heterocycles. The summed E-state index contributed by atoms with van der Waals surface area (Å²) in [4.78, 5) is 33.1. The van der Waals surface area contributed by atoms with Crippen LogP contribution in [0.5, 0.6) is 0 Å². The van der Waals surface area contributed by atoms with E-state index in [0.29, 0.717) is 64.7 Å². The number of methoxy groups -OCH3 is 1. The molecule has 1 atom stereocenters. The summed E-state index contributed by atoms with van der Waals surface area (Å²) in [5, 5.41) is 2.79. The zero-order valence-corrected chi connectivity index (χ0v) is 20.9. The molecule has 12 heteroatoms. The predicted octanol–water partition coefficient (Wildman–Crippen LogP) is -0.0716. The lowest BCUT2D eigenvalue weighted by atomic mass is 10.0. The number of esters is 1. The number of ether oxygens (including phenoxy) is 2. The van der Waals surface area contributed by atoms with Crippen LogP contribution in [0.1, 0.15) is 20.3 Å². The lowest BCUT2D eigenvalue weighted by Gasteiger charge is -2.35. The number of nitrogens with one attached hydrogen (secondary N) is 1. The van der Waals surface area contributed by atoms with Gasteiger partial charge < -0.3 is 19.7 Å². The molecule has 3 rings (SSSR count). The topological polar surface area (TPSA) is 121 Å². The first-order valence-corrected chi connectivity index (χ1v) is 13.0. The SMILES string of the molecule is COC(=O)[C@H](CC(C)C)NC(=O)CN1CCN(c2ccc(S(=O)(=O)N3CCOCC3)cn2)CC1. The van der Waals surface area contributed by atoms with Crippen LogP contribution in [0.25, 0.3) is 0 Å². The highest BCUT2D eigenvalue weighted by Crippen LogP contribution is 2.20. The van der Waals surface area contributed by atoms with Crippen LogP contribution >= 0.6 is 0 Å². The Morgan fingerprint density at radius 3 is 2.35 bits per heavy atom. The molecule has 1 aromatic rings. The van der Waals surface area contributed by atoms with E-state index in [-0.39, 0.29) is 23.3 Å². The van der Waals surface area contributed by atoms with Crippen LogP contribution in [0.3, 0.4) is 0 Å². The summed E-state index contributed by atoms with van der Waals surface area (Å²) in [6, 6.07) is 2.67. The zero-order chi connectivity index (χ0) is 24.7. The maximum absolute atomic E-state index is 12.8. The summed E-state index contributed by atoms with van der Waals surface area (Å²) in [7, 11) is -2.25. The second kappa shape index (κ2) is 11.9. The maximum Gasteiger partial charge on any atom is 0.328 e. The van der Waals surface area contributed by atoms with Crippen LogP contribution in [0.2, 0.25) is 0 Å². The van der Waals surface area contributed by atoms with Crippen LogP contribution in [0, 0.1) is 5.92 Å². The summed E-state index contributed by atoms with van der Waals surface area (Å²) < 4.78 is 37.0. The fraction of sp³-hybridized carbons (Fsp3) is 0.682. The molecule has 2 saturated heterocycles. The van der Waals surface area contributed by atoms with E-state index in [1.807, 2.05) is 18.7 Å². The first kappa shape index (κ1) is 26.3. The quantitative estimate of drug-likeness (QED) is 0.467. The van der Waals surface area contributed by atoms with E-state index in [1.165, 1.54) is 17.6 Å². The Labute approximate surface area is 201 Å². The van der Waals surface area contributed by atoms with Gasteiger partial charge in [0.25, 0.3) is 0 Å². The largest absolute Gasteiger partial charge is 0.467 e. The molecule has 1 aromatic heterocycles. The number of pyridine rings is 1. The van der Waals surface area contributed by atoms with Crippen LogP contribution in [-0.4, -0.2) is 107 Å². The molecule has 190 valence electrons. The fourth-order valence-corrected chi connectivity index (χ4v) is 5.41. The van der Waals surface area contributed by atoms with Gasteiger partial charge in [0, 0.05) is 45.5 Å². The average Bonchev–Trinajstić information content (AvgIpc) is 2.84. The first-order chi connectivity index (χ1) is 16.2. The molecule has 0 bridgehead atoms. The fourth-order valence-electron chi connectivity index (χ4n) is 4.05. The minimum atomic E-state index is -3.57. The van der Waals surface area contributed by atoms with Crippen LogP contribution in [-0.2, 0) is 29.1 Å². The Balaban J connectivity index is 1.50. The number of piperazine rings is 1. The molecule has 0 spiro atoms. The van der Waals surface area contributed by atoms with Crippen molar-refractivity contribution in [3.05, 3.63) is 18.3 Å². The van der Waals surface area contributed by atoms with Gasteiger partial charge in [0.05, 0.1) is 26.9 Å². The van der Waals surface area contributed by atoms with E-state index in [9.17, 15) is 18.0 Å². The minimum Gasteiger partial charge on any atom is -0.467 e. The molecule has 0 aliphatic carbocycles. The van der Waals surface area contributed by atoms with Gasteiger partial charge in [-0.3, -0.25) is 9.69 Å². The van der Waals surface area contributed by atoms with Crippen LogP contribution in [0.4, 0.5) is 5.82 Å². The highest BCUT2D eigenvalue weighted by molar-refractivity contribution is 7.89. The van der Waals surface area contributed by atoms with Gasteiger partial charge in [-0.25, -0.2) is 18.2 Å². The summed E-state index contributed by atoms with van der Waals surface area (Å²) >= 11 is 0. The average molecular weight is 498 g/mol. The third-order valence-electron chi connectivity index (χ3n) is 5.92. The van der Waals surface area contributed by atoms with E-state index in [0.717, 1.165) is 0 Å². The van der Waals surface area contributed by atoms with E-state index in [2.05, 4.69) is 15.2 Å². The number of carbonyl (C=O) groups is 2. The van der Waals surface area contributed by atoms with Crippen molar-refractivity contribution < 1.29 is 27.5 Å². The number of sulfonamides is 1. The summed E-state index contributed by atoms with van der Waals surface area (Å²) in [6.07, 6.45) is 1.93. The molecular formula is C22H35N5O6S. The summed E-state index contributed by atoms with van der Waals surface area (Å²) in [5.74, 6) is 0.306. The Morgan fingerprint density at radius 1 is 1.12 bits per heavy atom. The third-order valence-corrected chi connectivity index (χ3v) is 7.80. The lowest BCUT2D eigenvalue weighted by Crippen LogP contribution is -2.52. The number of hydrogen-bond donors (Lipinski definition) is 1. The van der Waals surface area contributed by atoms with Crippen molar-refractivity contribution in [2.75, 3.05) is 71.0 Å². The molecule has 2 aliphatic rings. The maximum atomic E-state index is 12.8. The number of carbonyl (C=O) groups excluding carboxylic acids is 2. The van der Waals surface area contributed by atoms with Gasteiger partial charge in [-0.1, -0.05) is 13.8 Å². The number of anilines is 1. The van der Waals surface area contributed by atoms with Gasteiger partial charge in [0.15, 0.2) is 0 Å². The highest BCUT2D eigenvalue weighted by Gasteiger charge is 2.28. The van der Waals surface area contributed by atoms with Crippen molar-refractivity contribution in [2.24, 2.45) is 5.92 Å². The van der Waals surface area contributed by atoms with Gasteiger partial charge in [-0.15, -0.1) is 0 Å². The zero-order valence-electron chi connectivity index (χ0n) is 20.1. The Morgan fingerprint density at radius 2 is 1.79 bits per heavy atom. The Bertz CT molecular complexity index is 926. The van der Waals surface area contributed by atoms with Gasteiger partial charge in [-0.05, 0) is 24.5 Å². The van der Waals surface area contributed by atoms with Gasteiger partial charge in [0.2, 0.25) is 15.9 Å². The van der Waals surface area contributed by atoms with E-state index >= 15 is 0 Å². The first-order valence-electron chi connectivity index (χ1n) is 11.6. The molecule has 2 fully saturated rings. The van der Waals surface area contributed by atoms with Crippen molar-refractivity contribution in [3.8, 4) is 0 Å². The van der Waals surface area contributed by atoms with E-state index in [1.54, 1.807) is 12.1 Å². The number of amides is 1. The van der Waals surface area contributed by atoms with Crippen molar-refractivity contribution in [1.29, 1.82) is 0 Å². The van der Waals surface area contributed by atoms with E-state index < -0.39 is 22.0 Å². The second-order valence-electron chi connectivity index (χ2n) is 8.90. The molecule has 0 aromatic carbocycles. The highest BCUT2D eigenvalue weighted by atomic mass is 32.2. The number of morpholine rings is 1. The molecule has 1 amide bonds. The molecule has 0 unspecified atom stereocenters. The standard InChI is InChI=1S/C22H35N5O6S/c1-17(2)14-19(22(29)32-3)24-21(28)16-25-6-8-26(9-7-25)20-5-4-18(15-23-20)34(30,31)27-10-12-33-13-11-27/h4-5,15,17,19H,6-14,16H2,1-3H3,(H,24,28)/t19-/m0/s1. The molecule has 1 N–H and O–H groups in total. The van der Waals surface area contributed by atoms with Crippen molar-refractivity contribution in [1.82, 2.24) is 19.5 Å². The van der Waals surface area contributed by atoms with Crippen LogP contribution < -0.4 is 10.2 Å². The summed E-state index contributed by atoms with van der Waals surface area (Å²) in [5.41, 5.74) is 0. The minimum absolute atomic E-state index is 0.176. The number of hydrogen-bond acceptors (Lipinski definition) is 9. The normalized spacial score (nSPS) is 19.1. The molecule has 0 radical (unpaired) electrons. The predicted molar refractivity (Wildman–Crippen MR) is 126 cm³/mol. The number of rotatable bonds is 9. The van der Waals surface area contributed by atoms with Gasteiger partial charge >= 0.3 is 5.97 Å². The Hall–Kier alpha value is -2.28. The lowest BCUT2D eigenvalue weighted by molar-refractivity contribution is -0.145. The monoisotopic (exact) mass is 497 g/mol. The van der Waals surface area contributed by atoms with Gasteiger partial charge in [-0.2, -0.15) is 4.31 Å². The number of nitrogens with zero attached hydrogens (tertiary/aromatic N) is 4. The van der Waals surface area contributed by atoms with Crippen LogP contribution in [0.15, 0.2) is 23.2 Å². The number of aromatic nitrogens is 1. The Kier molecular flexibility index (Phi) is 9.23. The second-order valence-corrected chi connectivity index (χ2v) is 10.8. The molecular weight excluding hydrogens is 462 g/mol. The third kappa shape index (κ3) is 6.87. The van der Waals surface area contributed by atoms with Crippen molar-refractivity contribution in [2.45, 2.75) is 31.2 Å². The van der Waals surface area contributed by atoms with E-state index in [4.69, 9.17) is 9.47 Å². The van der Waals surface area contributed by atoms with Gasteiger partial charge in [0.1, 0.15) is 16.8 Å². The molecule has 0 saturated carbocycles. The smallest absolute Gasteiger partial charge is 0.328 e.